The number of fused-ring (bicyclic) bond motifs is 6. The molecule has 10 aromatic rings. The molecular formula is C45H27N3OS. The Morgan fingerprint density at radius 2 is 1.14 bits per heavy atom. The Labute approximate surface area is 297 Å². The molecule has 0 N–H and O–H groups in total. The van der Waals surface area contributed by atoms with Gasteiger partial charge < -0.3 is 4.42 Å². The SMILES string of the molecule is [2H]c1cc2sc3c(-c4cccc5oc6c(-c7nc(-c8ccccc8)nc(-c8ccccc8)n7)cccc6c45)cc(-c4ccccc4)c([2H])c3c2c([2H])c1[2H]. The molecule has 3 aromatic heterocycles. The van der Waals surface area contributed by atoms with Crippen molar-refractivity contribution in [1.82, 2.24) is 15.0 Å². The van der Waals surface area contributed by atoms with E-state index in [2.05, 4.69) is 12.1 Å². The van der Waals surface area contributed by atoms with Gasteiger partial charge in [0.2, 0.25) is 0 Å². The van der Waals surface area contributed by atoms with E-state index < -0.39 is 0 Å². The van der Waals surface area contributed by atoms with Crippen molar-refractivity contribution in [1.29, 1.82) is 0 Å². The molecule has 0 bridgehead atoms. The van der Waals surface area contributed by atoms with Crippen molar-refractivity contribution in [3.63, 3.8) is 0 Å². The summed E-state index contributed by atoms with van der Waals surface area (Å²) in [7, 11) is 0. The molecule has 0 saturated heterocycles. The normalized spacial score (nSPS) is 12.7. The van der Waals surface area contributed by atoms with Gasteiger partial charge in [-0.3, -0.25) is 0 Å². The van der Waals surface area contributed by atoms with Crippen molar-refractivity contribution < 1.29 is 9.90 Å². The van der Waals surface area contributed by atoms with Gasteiger partial charge >= 0.3 is 0 Å². The summed E-state index contributed by atoms with van der Waals surface area (Å²) in [5.41, 5.74) is 7.20. The van der Waals surface area contributed by atoms with Crippen LogP contribution in [0.4, 0.5) is 0 Å². The zero-order valence-corrected chi connectivity index (χ0v) is 27.3. The van der Waals surface area contributed by atoms with E-state index in [0.717, 1.165) is 54.4 Å². The Hall–Kier alpha value is -6.43. The lowest BCUT2D eigenvalue weighted by Crippen LogP contribution is -2.00. The molecule has 7 aromatic carbocycles. The van der Waals surface area contributed by atoms with Crippen molar-refractivity contribution in [2.45, 2.75) is 0 Å². The zero-order chi connectivity index (χ0) is 36.5. The van der Waals surface area contributed by atoms with E-state index in [9.17, 15) is 1.37 Å². The smallest absolute Gasteiger partial charge is 0.167 e. The summed E-state index contributed by atoms with van der Waals surface area (Å²) in [4.78, 5) is 14.9. The molecule has 10 rings (SSSR count). The second kappa shape index (κ2) is 11.6. The average molecular weight is 662 g/mol. The fourth-order valence-electron chi connectivity index (χ4n) is 6.71. The van der Waals surface area contributed by atoms with Gasteiger partial charge in [0.25, 0.3) is 0 Å². The van der Waals surface area contributed by atoms with Crippen LogP contribution in [-0.2, 0) is 0 Å². The number of para-hydroxylation sites is 1. The standard InChI is InChI=1S/C45H27N3OS/c1-4-14-28(15-5-1)31-26-36-32-20-10-11-25-39(32)50-42(36)37(27-31)33-21-13-24-38-40(33)34-22-12-23-35(41(34)49-38)45-47-43(29-16-6-2-7-17-29)46-44(48-45)30-18-8-3-9-19-30/h1-27H/i10D,11D,20D,26D. The fourth-order valence-corrected chi connectivity index (χ4v) is 7.84. The molecule has 0 amide bonds. The second-order valence-corrected chi connectivity index (χ2v) is 13.1. The first-order chi connectivity index (χ1) is 26.4. The van der Waals surface area contributed by atoms with Crippen molar-refractivity contribution in [3.05, 3.63) is 164 Å². The Morgan fingerprint density at radius 3 is 1.86 bits per heavy atom. The van der Waals surface area contributed by atoms with Crippen LogP contribution in [0.5, 0.6) is 0 Å². The zero-order valence-electron chi connectivity index (χ0n) is 30.4. The minimum absolute atomic E-state index is 0.00458. The Balaban J connectivity index is 1.26. The van der Waals surface area contributed by atoms with E-state index in [-0.39, 0.29) is 18.1 Å². The van der Waals surface area contributed by atoms with E-state index in [0.29, 0.717) is 50.2 Å². The summed E-state index contributed by atoms with van der Waals surface area (Å²) in [6.07, 6.45) is 0. The highest BCUT2D eigenvalue weighted by atomic mass is 32.1. The number of furan rings is 1. The van der Waals surface area contributed by atoms with Crippen LogP contribution in [-0.4, -0.2) is 15.0 Å². The highest BCUT2D eigenvalue weighted by Crippen LogP contribution is 2.46. The molecule has 0 fully saturated rings. The number of rotatable bonds is 5. The molecule has 0 aliphatic heterocycles. The number of nitrogens with zero attached hydrogens (tertiary/aromatic N) is 3. The largest absolute Gasteiger partial charge is 0.455 e. The van der Waals surface area contributed by atoms with Gasteiger partial charge in [-0.2, -0.15) is 0 Å². The predicted octanol–water partition coefficient (Wildman–Crippen LogP) is 12.5. The highest BCUT2D eigenvalue weighted by molar-refractivity contribution is 7.26. The fraction of sp³-hybridized carbons (Fsp3) is 0. The molecule has 0 atom stereocenters. The molecule has 0 aliphatic rings. The lowest BCUT2D eigenvalue weighted by atomic mass is 9.93. The summed E-state index contributed by atoms with van der Waals surface area (Å²) in [5, 5.41) is 2.93. The Kier molecular flexibility index (Phi) is 5.73. The molecule has 4 nitrogen and oxygen atoms in total. The number of benzene rings is 7. The first-order valence-electron chi connectivity index (χ1n) is 18.3. The topological polar surface area (TPSA) is 51.8 Å². The molecule has 3 heterocycles. The summed E-state index contributed by atoms with van der Waals surface area (Å²) in [6, 6.07) is 45.4. The maximum absolute atomic E-state index is 9.48. The molecule has 0 radical (unpaired) electrons. The Morgan fingerprint density at radius 1 is 0.500 bits per heavy atom. The van der Waals surface area contributed by atoms with Crippen LogP contribution in [0.25, 0.3) is 98.5 Å². The van der Waals surface area contributed by atoms with Crippen molar-refractivity contribution in [2.75, 3.05) is 0 Å². The van der Waals surface area contributed by atoms with Gasteiger partial charge in [0.15, 0.2) is 17.5 Å². The van der Waals surface area contributed by atoms with Crippen LogP contribution in [0.2, 0.25) is 0 Å². The van der Waals surface area contributed by atoms with Gasteiger partial charge in [-0.15, -0.1) is 11.3 Å². The van der Waals surface area contributed by atoms with Crippen LogP contribution >= 0.6 is 11.3 Å². The van der Waals surface area contributed by atoms with E-state index in [1.165, 1.54) is 11.3 Å². The minimum atomic E-state index is -0.145. The lowest BCUT2D eigenvalue weighted by molar-refractivity contribution is 0.669. The van der Waals surface area contributed by atoms with Crippen LogP contribution in [0.3, 0.4) is 0 Å². The van der Waals surface area contributed by atoms with E-state index in [4.69, 9.17) is 23.5 Å². The van der Waals surface area contributed by atoms with Crippen molar-refractivity contribution in [3.8, 4) is 56.4 Å². The summed E-state index contributed by atoms with van der Waals surface area (Å²) >= 11 is 1.45. The number of thiophene rings is 1. The lowest BCUT2D eigenvalue weighted by Gasteiger charge is -2.10. The maximum atomic E-state index is 9.48. The average Bonchev–Trinajstić information content (AvgIpc) is 3.80. The first kappa shape index (κ1) is 24.7. The van der Waals surface area contributed by atoms with Gasteiger partial charge in [-0.1, -0.05) is 133 Å². The second-order valence-electron chi connectivity index (χ2n) is 12.0. The summed E-state index contributed by atoms with van der Waals surface area (Å²) in [5.74, 6) is 1.61. The molecule has 234 valence electrons. The maximum Gasteiger partial charge on any atom is 0.167 e. The van der Waals surface area contributed by atoms with Crippen LogP contribution in [0, 0.1) is 0 Å². The molecule has 50 heavy (non-hydrogen) atoms. The predicted molar refractivity (Wildman–Crippen MR) is 207 cm³/mol. The van der Waals surface area contributed by atoms with E-state index >= 15 is 0 Å². The molecule has 0 spiro atoms. The van der Waals surface area contributed by atoms with Gasteiger partial charge in [-0.25, -0.2) is 15.0 Å². The minimum Gasteiger partial charge on any atom is -0.455 e. The van der Waals surface area contributed by atoms with Crippen molar-refractivity contribution >= 4 is 53.4 Å². The van der Waals surface area contributed by atoms with Gasteiger partial charge in [0.05, 0.1) is 11.0 Å². The Bertz CT molecular complexity index is 3030. The number of aromatic nitrogens is 3. The summed E-state index contributed by atoms with van der Waals surface area (Å²) in [6.45, 7) is 0. The third kappa shape index (κ3) is 4.71. The molecule has 0 saturated carbocycles. The van der Waals surface area contributed by atoms with E-state index in [1.807, 2.05) is 121 Å². The highest BCUT2D eigenvalue weighted by Gasteiger charge is 2.21. The summed E-state index contributed by atoms with van der Waals surface area (Å²) < 4.78 is 43.5. The third-order valence-corrected chi connectivity index (χ3v) is 10.2. The molecule has 0 aliphatic carbocycles. The first-order valence-corrected chi connectivity index (χ1v) is 17.1. The molecular weight excluding hydrogens is 631 g/mol. The van der Waals surface area contributed by atoms with Gasteiger partial charge in [0, 0.05) is 47.6 Å². The number of hydrogen-bond acceptors (Lipinski definition) is 5. The van der Waals surface area contributed by atoms with E-state index in [1.54, 1.807) is 6.07 Å². The van der Waals surface area contributed by atoms with Crippen LogP contribution in [0.15, 0.2) is 168 Å². The molecule has 5 heteroatoms. The third-order valence-electron chi connectivity index (χ3n) is 9.03. The quantitative estimate of drug-likeness (QED) is 0.184. The number of hydrogen-bond donors (Lipinski definition) is 0. The van der Waals surface area contributed by atoms with Crippen molar-refractivity contribution in [2.24, 2.45) is 0 Å². The van der Waals surface area contributed by atoms with Gasteiger partial charge in [-0.05, 0) is 47.0 Å². The molecule has 0 unspecified atom stereocenters. The van der Waals surface area contributed by atoms with Crippen LogP contribution in [0.1, 0.15) is 5.48 Å². The monoisotopic (exact) mass is 661 g/mol. The van der Waals surface area contributed by atoms with Gasteiger partial charge in [0.1, 0.15) is 11.2 Å². The van der Waals surface area contributed by atoms with Crippen LogP contribution < -0.4 is 0 Å².